The summed E-state index contributed by atoms with van der Waals surface area (Å²) in [6.45, 7) is 9.64. The highest BCUT2D eigenvalue weighted by molar-refractivity contribution is 5.25. The van der Waals surface area contributed by atoms with Gasteiger partial charge >= 0.3 is 0 Å². The molecule has 0 saturated heterocycles. The Morgan fingerprint density at radius 2 is 1.80 bits per heavy atom. The molecule has 0 bridgehead atoms. The molecular weight excluding hydrogens is 372 g/mol. The molecule has 4 aliphatic rings. The van der Waals surface area contributed by atoms with Crippen LogP contribution < -0.4 is 0 Å². The first-order valence-electron chi connectivity index (χ1n) is 12.9. The molecule has 0 aromatic rings. The molecule has 4 aliphatic carbocycles. The van der Waals surface area contributed by atoms with E-state index in [1.807, 2.05) is 0 Å². The number of aliphatic hydroxyl groups excluding tert-OH is 3. The van der Waals surface area contributed by atoms with Crippen LogP contribution in [0.1, 0.15) is 91.9 Å². The van der Waals surface area contributed by atoms with E-state index < -0.39 is 0 Å². The fourth-order valence-corrected chi connectivity index (χ4v) is 8.62. The SMILES string of the molecule is CC(CO)CCC(O)C(C)C1CCC2C3CC=C4CC(O)CCC4(C)C3CCC12C. The molecule has 0 radical (unpaired) electrons. The van der Waals surface area contributed by atoms with Gasteiger partial charge in [0.05, 0.1) is 12.2 Å². The predicted octanol–water partition coefficient (Wildman–Crippen LogP) is 5.33. The van der Waals surface area contributed by atoms with Gasteiger partial charge in [0, 0.05) is 6.61 Å². The molecule has 0 aromatic carbocycles. The van der Waals surface area contributed by atoms with Crippen LogP contribution in [0.3, 0.4) is 0 Å². The Kier molecular flexibility index (Phi) is 6.48. The summed E-state index contributed by atoms with van der Waals surface area (Å²) in [7, 11) is 0. The zero-order valence-corrected chi connectivity index (χ0v) is 19.8. The van der Waals surface area contributed by atoms with Crippen molar-refractivity contribution < 1.29 is 15.3 Å². The van der Waals surface area contributed by atoms with Crippen molar-refractivity contribution in [3.63, 3.8) is 0 Å². The Morgan fingerprint density at radius 1 is 1.03 bits per heavy atom. The first-order valence-corrected chi connectivity index (χ1v) is 12.9. The fourth-order valence-electron chi connectivity index (χ4n) is 8.62. The maximum Gasteiger partial charge on any atom is 0.0577 e. The van der Waals surface area contributed by atoms with Gasteiger partial charge in [-0.15, -0.1) is 0 Å². The van der Waals surface area contributed by atoms with Gasteiger partial charge in [-0.2, -0.15) is 0 Å². The average Bonchev–Trinajstić information content (AvgIpc) is 3.08. The molecule has 0 spiro atoms. The summed E-state index contributed by atoms with van der Waals surface area (Å²) in [5, 5.41) is 30.5. The molecule has 10 unspecified atom stereocenters. The van der Waals surface area contributed by atoms with Crippen molar-refractivity contribution in [2.24, 2.45) is 46.3 Å². The van der Waals surface area contributed by atoms with Crippen LogP contribution in [0.15, 0.2) is 11.6 Å². The second-order valence-corrected chi connectivity index (χ2v) is 12.2. The van der Waals surface area contributed by atoms with Crippen molar-refractivity contribution >= 4 is 0 Å². The second kappa shape index (κ2) is 8.52. The number of fused-ring (bicyclic) bond motifs is 5. The van der Waals surface area contributed by atoms with E-state index in [-0.39, 0.29) is 24.7 Å². The summed E-state index contributed by atoms with van der Waals surface area (Å²) in [5.74, 6) is 3.61. The summed E-state index contributed by atoms with van der Waals surface area (Å²) < 4.78 is 0. The van der Waals surface area contributed by atoms with E-state index in [2.05, 4.69) is 33.8 Å². The molecule has 30 heavy (non-hydrogen) atoms. The molecule has 0 amide bonds. The Hall–Kier alpha value is -0.380. The van der Waals surface area contributed by atoms with Crippen LogP contribution in [0, 0.1) is 46.3 Å². The molecular formula is C27H46O3. The van der Waals surface area contributed by atoms with Crippen LogP contribution in [-0.4, -0.2) is 34.1 Å². The lowest BCUT2D eigenvalue weighted by Crippen LogP contribution is -2.51. The number of rotatable bonds is 6. The van der Waals surface area contributed by atoms with Crippen molar-refractivity contribution in [2.75, 3.05) is 6.61 Å². The molecule has 3 nitrogen and oxygen atoms in total. The summed E-state index contributed by atoms with van der Waals surface area (Å²) in [5.41, 5.74) is 2.23. The minimum Gasteiger partial charge on any atom is -0.396 e. The zero-order chi connectivity index (χ0) is 21.7. The van der Waals surface area contributed by atoms with Gasteiger partial charge in [0.2, 0.25) is 0 Å². The maximum atomic E-state index is 11.0. The van der Waals surface area contributed by atoms with Gasteiger partial charge in [0.15, 0.2) is 0 Å². The third-order valence-electron chi connectivity index (χ3n) is 10.7. The van der Waals surface area contributed by atoms with Gasteiger partial charge in [-0.3, -0.25) is 0 Å². The summed E-state index contributed by atoms with van der Waals surface area (Å²) in [6.07, 6.45) is 13.4. The van der Waals surface area contributed by atoms with Crippen molar-refractivity contribution in [3.8, 4) is 0 Å². The molecule has 10 atom stereocenters. The van der Waals surface area contributed by atoms with Gasteiger partial charge in [-0.05, 0) is 111 Å². The number of hydrogen-bond acceptors (Lipinski definition) is 3. The monoisotopic (exact) mass is 418 g/mol. The summed E-state index contributed by atoms with van der Waals surface area (Å²) in [6, 6.07) is 0. The van der Waals surface area contributed by atoms with E-state index >= 15 is 0 Å². The fraction of sp³-hybridized carbons (Fsp3) is 0.926. The number of aliphatic hydroxyl groups is 3. The average molecular weight is 419 g/mol. The molecule has 0 heterocycles. The number of allylic oxidation sites excluding steroid dienone is 1. The molecule has 3 fully saturated rings. The molecule has 0 aromatic heterocycles. The van der Waals surface area contributed by atoms with Crippen molar-refractivity contribution in [1.29, 1.82) is 0 Å². The minimum absolute atomic E-state index is 0.124. The maximum absolute atomic E-state index is 11.0. The molecule has 4 rings (SSSR count). The van der Waals surface area contributed by atoms with Gasteiger partial charge < -0.3 is 15.3 Å². The van der Waals surface area contributed by atoms with E-state index in [0.29, 0.717) is 22.7 Å². The van der Waals surface area contributed by atoms with Gasteiger partial charge in [-0.1, -0.05) is 39.3 Å². The molecule has 3 heteroatoms. The predicted molar refractivity (Wildman–Crippen MR) is 122 cm³/mol. The van der Waals surface area contributed by atoms with Gasteiger partial charge in [-0.25, -0.2) is 0 Å². The molecule has 3 N–H and O–H groups in total. The van der Waals surface area contributed by atoms with E-state index in [1.54, 1.807) is 5.57 Å². The van der Waals surface area contributed by atoms with E-state index in [9.17, 15) is 15.3 Å². The lowest BCUT2D eigenvalue weighted by Gasteiger charge is -2.58. The first-order chi connectivity index (χ1) is 14.2. The third kappa shape index (κ3) is 3.71. The Balaban J connectivity index is 1.49. The zero-order valence-electron chi connectivity index (χ0n) is 19.8. The highest BCUT2D eigenvalue weighted by atomic mass is 16.3. The van der Waals surface area contributed by atoms with Crippen LogP contribution in [0.5, 0.6) is 0 Å². The third-order valence-corrected chi connectivity index (χ3v) is 10.7. The van der Waals surface area contributed by atoms with Crippen LogP contribution in [0.2, 0.25) is 0 Å². The normalized spacial score (nSPS) is 46.2. The standard InChI is InChI=1S/C27H46O3/c1-17(16-28)5-10-25(30)18(2)22-8-9-23-21-7-6-19-15-20(29)11-13-26(19,3)24(21)12-14-27(22,23)4/h6,17-18,20-25,28-30H,5,7-16H2,1-4H3. The smallest absolute Gasteiger partial charge is 0.0577 e. The van der Waals surface area contributed by atoms with Crippen LogP contribution in [-0.2, 0) is 0 Å². The Morgan fingerprint density at radius 3 is 2.53 bits per heavy atom. The summed E-state index contributed by atoms with van der Waals surface area (Å²) in [4.78, 5) is 0. The molecule has 0 aliphatic heterocycles. The van der Waals surface area contributed by atoms with Crippen molar-refractivity contribution in [3.05, 3.63) is 11.6 Å². The Bertz CT molecular complexity index is 644. The van der Waals surface area contributed by atoms with Crippen molar-refractivity contribution in [2.45, 2.75) is 104 Å². The lowest BCUT2D eigenvalue weighted by atomic mass is 9.47. The van der Waals surface area contributed by atoms with Crippen molar-refractivity contribution in [1.82, 2.24) is 0 Å². The highest BCUT2D eigenvalue weighted by Gasteiger charge is 2.59. The quantitative estimate of drug-likeness (QED) is 0.511. The van der Waals surface area contributed by atoms with Gasteiger partial charge in [0.25, 0.3) is 0 Å². The first kappa shape index (κ1) is 22.8. The largest absolute Gasteiger partial charge is 0.396 e. The van der Waals surface area contributed by atoms with E-state index in [4.69, 9.17) is 0 Å². The highest BCUT2D eigenvalue weighted by Crippen LogP contribution is 2.67. The van der Waals surface area contributed by atoms with Crippen LogP contribution in [0.25, 0.3) is 0 Å². The van der Waals surface area contributed by atoms with E-state index in [0.717, 1.165) is 49.9 Å². The van der Waals surface area contributed by atoms with Gasteiger partial charge in [0.1, 0.15) is 0 Å². The number of hydrogen-bond donors (Lipinski definition) is 3. The van der Waals surface area contributed by atoms with E-state index in [1.165, 1.54) is 32.1 Å². The second-order valence-electron chi connectivity index (χ2n) is 12.2. The molecule has 172 valence electrons. The van der Waals surface area contributed by atoms with Crippen LogP contribution in [0.4, 0.5) is 0 Å². The lowest BCUT2D eigenvalue weighted by molar-refractivity contribution is -0.0683. The molecule has 3 saturated carbocycles. The summed E-state index contributed by atoms with van der Waals surface area (Å²) >= 11 is 0. The topological polar surface area (TPSA) is 60.7 Å². The van der Waals surface area contributed by atoms with Crippen LogP contribution >= 0.6 is 0 Å². The minimum atomic E-state index is -0.243. The Labute approximate surface area is 184 Å².